The van der Waals surface area contributed by atoms with Gasteiger partial charge in [-0.3, -0.25) is 4.79 Å². The smallest absolute Gasteiger partial charge is 0.243 e. The van der Waals surface area contributed by atoms with Gasteiger partial charge in [-0.1, -0.05) is 17.7 Å². The molecule has 162 valence electrons. The van der Waals surface area contributed by atoms with Gasteiger partial charge in [0.1, 0.15) is 12.3 Å². The van der Waals surface area contributed by atoms with Crippen molar-refractivity contribution < 1.29 is 9.53 Å². The number of ether oxygens (including phenoxy) is 1. The molecule has 1 aliphatic heterocycles. The van der Waals surface area contributed by atoms with E-state index in [1.54, 1.807) is 37.4 Å². The summed E-state index contributed by atoms with van der Waals surface area (Å²) in [5.41, 5.74) is 0.988. The van der Waals surface area contributed by atoms with Crippen LogP contribution in [0.15, 0.2) is 40.7 Å². The Hall–Kier alpha value is -2.45. The van der Waals surface area contributed by atoms with E-state index in [9.17, 15) is 4.79 Å². The summed E-state index contributed by atoms with van der Waals surface area (Å²) in [6, 6.07) is 9.94. The number of nitrogens with one attached hydrogen (secondary N) is 2. The Labute approximate surface area is 186 Å². The van der Waals surface area contributed by atoms with E-state index >= 15 is 0 Å². The van der Waals surface area contributed by atoms with Gasteiger partial charge >= 0.3 is 0 Å². The Balaban J connectivity index is 1.66. The third-order valence-electron chi connectivity index (χ3n) is 4.89. The lowest BCUT2D eigenvalue weighted by molar-refractivity contribution is -0.127. The summed E-state index contributed by atoms with van der Waals surface area (Å²) in [4.78, 5) is 21.5. The molecule has 1 aliphatic rings. The molecule has 1 saturated heterocycles. The van der Waals surface area contributed by atoms with Crippen molar-refractivity contribution in [1.29, 1.82) is 0 Å². The predicted octanol–water partition coefficient (Wildman–Crippen LogP) is 2.81. The summed E-state index contributed by atoms with van der Waals surface area (Å²) in [6.07, 6.45) is 0.941. The molecule has 0 saturated carbocycles. The second kappa shape index (κ2) is 10.5. The Bertz CT molecular complexity index is 872. The molecule has 1 fully saturated rings. The van der Waals surface area contributed by atoms with Gasteiger partial charge in [-0.25, -0.2) is 4.99 Å². The van der Waals surface area contributed by atoms with Crippen molar-refractivity contribution in [3.63, 3.8) is 0 Å². The van der Waals surface area contributed by atoms with E-state index in [2.05, 4.69) is 26.6 Å². The predicted molar refractivity (Wildman–Crippen MR) is 124 cm³/mol. The molecule has 0 radical (unpaired) electrons. The Kier molecular flexibility index (Phi) is 7.81. The van der Waals surface area contributed by atoms with E-state index in [0.29, 0.717) is 17.5 Å². The number of aliphatic imine (C=N–C) groups is 1. The van der Waals surface area contributed by atoms with Crippen molar-refractivity contribution in [3.05, 3.63) is 45.6 Å². The molecule has 0 bridgehead atoms. The minimum absolute atomic E-state index is 0.0380. The molecule has 1 amide bonds. The number of halogens is 1. The topological polar surface area (TPSA) is 69.2 Å². The van der Waals surface area contributed by atoms with Crippen molar-refractivity contribution in [1.82, 2.24) is 15.5 Å². The highest BCUT2D eigenvalue weighted by molar-refractivity contribution is 7.09. The zero-order valence-corrected chi connectivity index (χ0v) is 19.1. The van der Waals surface area contributed by atoms with Crippen LogP contribution in [0.1, 0.15) is 11.3 Å². The van der Waals surface area contributed by atoms with Crippen LogP contribution in [-0.2, 0) is 11.3 Å². The number of amides is 1. The monoisotopic (exact) mass is 449 g/mol. The molecule has 0 spiro atoms. The standard InChI is InChI=1S/C21H28ClN5O2S/c1-26(2)20(28)13-24-21(23-12-17-5-4-10-30-17)25-16-8-9-27(14-16)18-11-15(22)6-7-19(18)29-3/h4-7,10-11,16H,8-9,12-14H2,1-3H3,(H2,23,24,25). The number of rotatable bonds is 7. The molecule has 1 aromatic heterocycles. The van der Waals surface area contributed by atoms with Crippen molar-refractivity contribution >= 4 is 40.5 Å². The highest BCUT2D eigenvalue weighted by Gasteiger charge is 2.25. The SMILES string of the molecule is COc1ccc(Cl)cc1N1CCC(NC(=NCC(=O)N(C)C)NCc2cccs2)C1. The fraction of sp³-hybridized carbons (Fsp3) is 0.429. The van der Waals surface area contributed by atoms with Crippen LogP contribution >= 0.6 is 22.9 Å². The van der Waals surface area contributed by atoms with E-state index in [4.69, 9.17) is 16.3 Å². The Morgan fingerprint density at radius 2 is 2.23 bits per heavy atom. The maximum Gasteiger partial charge on any atom is 0.243 e. The lowest BCUT2D eigenvalue weighted by Crippen LogP contribution is -2.45. The Morgan fingerprint density at radius 1 is 1.40 bits per heavy atom. The van der Waals surface area contributed by atoms with Crippen LogP contribution in [0, 0.1) is 0 Å². The molecule has 0 aliphatic carbocycles. The molecule has 3 rings (SSSR count). The van der Waals surface area contributed by atoms with Crippen molar-refractivity contribution in [2.24, 2.45) is 4.99 Å². The van der Waals surface area contributed by atoms with Gasteiger partial charge in [-0.15, -0.1) is 11.3 Å². The van der Waals surface area contributed by atoms with Gasteiger partial charge in [0.05, 0.1) is 19.3 Å². The van der Waals surface area contributed by atoms with E-state index in [1.165, 1.54) is 4.88 Å². The van der Waals surface area contributed by atoms with Crippen molar-refractivity contribution in [2.75, 3.05) is 45.7 Å². The van der Waals surface area contributed by atoms with Gasteiger partial charge in [0.25, 0.3) is 0 Å². The molecular weight excluding hydrogens is 422 g/mol. The fourth-order valence-electron chi connectivity index (χ4n) is 3.23. The van der Waals surface area contributed by atoms with Crippen LogP contribution < -0.4 is 20.3 Å². The number of guanidine groups is 1. The summed E-state index contributed by atoms with van der Waals surface area (Å²) < 4.78 is 5.50. The second-order valence-electron chi connectivity index (χ2n) is 7.28. The van der Waals surface area contributed by atoms with Crippen LogP contribution in [0.5, 0.6) is 5.75 Å². The molecular formula is C21H28ClN5O2S. The fourth-order valence-corrected chi connectivity index (χ4v) is 4.04. The van der Waals surface area contributed by atoms with Gasteiger partial charge in [0.15, 0.2) is 5.96 Å². The zero-order chi connectivity index (χ0) is 21.5. The molecule has 2 heterocycles. The molecule has 9 heteroatoms. The summed E-state index contributed by atoms with van der Waals surface area (Å²) in [7, 11) is 5.13. The second-order valence-corrected chi connectivity index (χ2v) is 8.75. The molecule has 2 aromatic rings. The van der Waals surface area contributed by atoms with Crippen molar-refractivity contribution in [2.45, 2.75) is 19.0 Å². The van der Waals surface area contributed by atoms with Crippen LogP contribution in [-0.4, -0.2) is 63.6 Å². The van der Waals surface area contributed by atoms with Crippen LogP contribution in [0.4, 0.5) is 5.69 Å². The summed E-state index contributed by atoms with van der Waals surface area (Å²) in [6.45, 7) is 2.44. The Morgan fingerprint density at radius 3 is 2.93 bits per heavy atom. The van der Waals surface area contributed by atoms with Crippen LogP contribution in [0.3, 0.4) is 0 Å². The first kappa shape index (κ1) is 22.2. The van der Waals surface area contributed by atoms with Gasteiger partial charge < -0.3 is 25.2 Å². The number of hydrogen-bond donors (Lipinski definition) is 2. The lowest BCUT2D eigenvalue weighted by atomic mass is 10.2. The summed E-state index contributed by atoms with van der Waals surface area (Å²) >= 11 is 7.88. The quantitative estimate of drug-likeness (QED) is 0.502. The highest BCUT2D eigenvalue weighted by Crippen LogP contribution is 2.33. The van der Waals surface area contributed by atoms with Gasteiger partial charge in [0.2, 0.25) is 5.91 Å². The minimum atomic E-state index is -0.0380. The van der Waals surface area contributed by atoms with E-state index < -0.39 is 0 Å². The number of benzene rings is 1. The third-order valence-corrected chi connectivity index (χ3v) is 6.00. The maximum absolute atomic E-state index is 12.0. The number of carbonyl (C=O) groups excluding carboxylic acids is 1. The summed E-state index contributed by atoms with van der Waals surface area (Å²) in [5.74, 6) is 1.41. The average molecular weight is 450 g/mol. The first-order valence-corrected chi connectivity index (χ1v) is 11.1. The van der Waals surface area contributed by atoms with Crippen LogP contribution in [0.25, 0.3) is 0 Å². The number of carbonyl (C=O) groups is 1. The number of nitrogens with zero attached hydrogens (tertiary/aromatic N) is 3. The molecule has 1 atom stereocenters. The third kappa shape index (κ3) is 6.03. The number of thiophene rings is 1. The molecule has 30 heavy (non-hydrogen) atoms. The normalized spacial score (nSPS) is 16.5. The number of methoxy groups -OCH3 is 1. The molecule has 7 nitrogen and oxygen atoms in total. The first-order chi connectivity index (χ1) is 14.5. The van der Waals surface area contributed by atoms with Gasteiger partial charge in [-0.2, -0.15) is 0 Å². The average Bonchev–Trinajstić information content (AvgIpc) is 3.41. The number of anilines is 1. The summed E-state index contributed by atoms with van der Waals surface area (Å²) in [5, 5.41) is 9.56. The minimum Gasteiger partial charge on any atom is -0.495 e. The molecule has 2 N–H and O–H groups in total. The van der Waals surface area contributed by atoms with Gasteiger partial charge in [0, 0.05) is 43.1 Å². The maximum atomic E-state index is 12.0. The largest absolute Gasteiger partial charge is 0.495 e. The van der Waals surface area contributed by atoms with E-state index in [0.717, 1.165) is 30.9 Å². The number of likely N-dealkylation sites (N-methyl/N-ethyl adjacent to an activating group) is 1. The highest BCUT2D eigenvalue weighted by atomic mass is 35.5. The lowest BCUT2D eigenvalue weighted by Gasteiger charge is -2.22. The molecule has 1 unspecified atom stereocenters. The van der Waals surface area contributed by atoms with Crippen molar-refractivity contribution in [3.8, 4) is 5.75 Å². The first-order valence-electron chi connectivity index (χ1n) is 9.82. The van der Waals surface area contributed by atoms with E-state index in [1.807, 2.05) is 29.6 Å². The van der Waals surface area contributed by atoms with Crippen LogP contribution in [0.2, 0.25) is 5.02 Å². The number of hydrogen-bond acceptors (Lipinski definition) is 5. The van der Waals surface area contributed by atoms with E-state index in [-0.39, 0.29) is 18.5 Å². The molecule has 1 aromatic carbocycles. The van der Waals surface area contributed by atoms with Gasteiger partial charge in [-0.05, 0) is 36.1 Å². The zero-order valence-electron chi connectivity index (χ0n) is 17.5.